The number of carbonyl (C=O) groups excluding carboxylic acids is 1. The molecule has 0 aliphatic heterocycles. The first-order valence-electron chi connectivity index (χ1n) is 7.88. The van der Waals surface area contributed by atoms with Crippen LogP contribution in [0.3, 0.4) is 0 Å². The van der Waals surface area contributed by atoms with Crippen LogP contribution < -0.4 is 4.90 Å². The zero-order chi connectivity index (χ0) is 19.3. The molecule has 142 valence electrons. The summed E-state index contributed by atoms with van der Waals surface area (Å²) < 4.78 is 38.3. The van der Waals surface area contributed by atoms with E-state index >= 15 is 0 Å². The lowest BCUT2D eigenvalue weighted by atomic mass is 10.3. The number of hydrogen-bond donors (Lipinski definition) is 0. The lowest BCUT2D eigenvalue weighted by Crippen LogP contribution is -2.36. The first-order chi connectivity index (χ1) is 12.2. The highest BCUT2D eigenvalue weighted by Gasteiger charge is 2.29. The molecule has 0 saturated carbocycles. The standard InChI is InChI=1S/C16H18ClF3N4OS/c1-3-23(15(25)11(2)26-8-6-16(18,19)20)13-10-24(22-14(13)17)12-5-4-7-21-9-12/h4-5,7,9-11H,3,6,8H2,1-2H3. The number of nitrogens with zero attached hydrogens (tertiary/aromatic N) is 4. The number of rotatable bonds is 7. The van der Waals surface area contributed by atoms with E-state index in [-0.39, 0.29) is 16.8 Å². The van der Waals surface area contributed by atoms with Gasteiger partial charge < -0.3 is 4.90 Å². The highest BCUT2D eigenvalue weighted by Crippen LogP contribution is 2.29. The zero-order valence-electron chi connectivity index (χ0n) is 14.2. The minimum absolute atomic E-state index is 0.136. The van der Waals surface area contributed by atoms with Gasteiger partial charge in [-0.05, 0) is 26.0 Å². The molecule has 5 nitrogen and oxygen atoms in total. The fourth-order valence-electron chi connectivity index (χ4n) is 2.23. The Bertz CT molecular complexity index is 739. The molecule has 0 aromatic carbocycles. The van der Waals surface area contributed by atoms with Crippen LogP contribution in [-0.2, 0) is 4.79 Å². The molecule has 1 amide bonds. The van der Waals surface area contributed by atoms with Gasteiger partial charge in [-0.3, -0.25) is 9.78 Å². The second-order valence-electron chi connectivity index (χ2n) is 5.42. The second kappa shape index (κ2) is 8.77. The van der Waals surface area contributed by atoms with Crippen molar-refractivity contribution in [2.75, 3.05) is 17.2 Å². The molecule has 1 atom stereocenters. The summed E-state index contributed by atoms with van der Waals surface area (Å²) in [7, 11) is 0. The van der Waals surface area contributed by atoms with Gasteiger partial charge in [-0.2, -0.15) is 18.3 Å². The van der Waals surface area contributed by atoms with Crippen molar-refractivity contribution in [3.05, 3.63) is 35.9 Å². The topological polar surface area (TPSA) is 51.0 Å². The Hall–Kier alpha value is -1.74. The van der Waals surface area contributed by atoms with Crippen LogP contribution in [0.5, 0.6) is 0 Å². The molecular weight excluding hydrogens is 389 g/mol. The van der Waals surface area contributed by atoms with Crippen molar-refractivity contribution in [3.8, 4) is 5.69 Å². The number of alkyl halides is 3. The molecule has 0 aliphatic carbocycles. The molecule has 0 bridgehead atoms. The maximum Gasteiger partial charge on any atom is 0.389 e. The van der Waals surface area contributed by atoms with Gasteiger partial charge in [-0.1, -0.05) is 11.6 Å². The number of anilines is 1. The Labute approximate surface area is 158 Å². The quantitative estimate of drug-likeness (QED) is 0.686. The summed E-state index contributed by atoms with van der Waals surface area (Å²) in [4.78, 5) is 18.1. The molecule has 0 aliphatic rings. The van der Waals surface area contributed by atoms with Gasteiger partial charge in [0.2, 0.25) is 5.91 Å². The van der Waals surface area contributed by atoms with Crippen LogP contribution >= 0.6 is 23.4 Å². The number of hydrogen-bond acceptors (Lipinski definition) is 4. The lowest BCUT2D eigenvalue weighted by Gasteiger charge is -2.23. The van der Waals surface area contributed by atoms with Crippen LogP contribution in [0.4, 0.5) is 18.9 Å². The first-order valence-corrected chi connectivity index (χ1v) is 9.31. The number of thioether (sulfide) groups is 1. The summed E-state index contributed by atoms with van der Waals surface area (Å²) in [6.07, 6.45) is -0.332. The summed E-state index contributed by atoms with van der Waals surface area (Å²) in [5.74, 6) is -0.483. The van der Waals surface area contributed by atoms with Gasteiger partial charge in [0, 0.05) is 18.5 Å². The third-order valence-corrected chi connectivity index (χ3v) is 4.95. The third-order valence-electron chi connectivity index (χ3n) is 3.54. The minimum Gasteiger partial charge on any atom is -0.308 e. The molecule has 2 rings (SSSR count). The fraction of sp³-hybridized carbons (Fsp3) is 0.438. The van der Waals surface area contributed by atoms with Gasteiger partial charge in [0.05, 0.1) is 29.8 Å². The predicted molar refractivity (Wildman–Crippen MR) is 97.0 cm³/mol. The monoisotopic (exact) mass is 406 g/mol. The Balaban J connectivity index is 2.12. The Morgan fingerprint density at radius 2 is 2.19 bits per heavy atom. The van der Waals surface area contributed by atoms with E-state index in [0.29, 0.717) is 17.9 Å². The minimum atomic E-state index is -4.23. The van der Waals surface area contributed by atoms with E-state index < -0.39 is 17.8 Å². The molecule has 10 heteroatoms. The molecule has 2 aromatic heterocycles. The normalized spacial score (nSPS) is 12.8. The number of halogens is 4. The van der Waals surface area contributed by atoms with Crippen molar-refractivity contribution < 1.29 is 18.0 Å². The average molecular weight is 407 g/mol. The van der Waals surface area contributed by atoms with E-state index in [4.69, 9.17) is 11.6 Å². The van der Waals surface area contributed by atoms with Crippen LogP contribution in [-0.4, -0.2) is 44.4 Å². The maximum atomic E-state index is 12.6. The number of aromatic nitrogens is 3. The van der Waals surface area contributed by atoms with Gasteiger partial charge >= 0.3 is 6.18 Å². The van der Waals surface area contributed by atoms with Crippen LogP contribution in [0.1, 0.15) is 20.3 Å². The molecule has 0 fully saturated rings. The van der Waals surface area contributed by atoms with E-state index in [1.54, 1.807) is 44.6 Å². The fourth-order valence-corrected chi connectivity index (χ4v) is 3.44. The summed E-state index contributed by atoms with van der Waals surface area (Å²) >= 11 is 7.15. The van der Waals surface area contributed by atoms with E-state index in [1.165, 1.54) is 9.58 Å². The molecular formula is C16H18ClF3N4OS. The molecule has 2 heterocycles. The van der Waals surface area contributed by atoms with Crippen molar-refractivity contribution in [3.63, 3.8) is 0 Å². The van der Waals surface area contributed by atoms with Gasteiger partial charge in [0.15, 0.2) is 5.15 Å². The summed E-state index contributed by atoms with van der Waals surface area (Å²) in [5, 5.41) is 3.68. The molecule has 2 aromatic rings. The average Bonchev–Trinajstić information content (AvgIpc) is 2.97. The van der Waals surface area contributed by atoms with Crippen LogP contribution in [0.25, 0.3) is 5.69 Å². The Morgan fingerprint density at radius 1 is 1.46 bits per heavy atom. The molecule has 0 radical (unpaired) electrons. The third kappa shape index (κ3) is 5.38. The van der Waals surface area contributed by atoms with Gasteiger partial charge in [-0.25, -0.2) is 4.68 Å². The number of pyridine rings is 1. The SMILES string of the molecule is CCN(C(=O)C(C)SCCC(F)(F)F)c1cn(-c2cccnc2)nc1Cl. The first kappa shape index (κ1) is 20.6. The second-order valence-corrected chi connectivity index (χ2v) is 7.23. The van der Waals surface area contributed by atoms with Crippen LogP contribution in [0.15, 0.2) is 30.7 Å². The summed E-state index contributed by atoms with van der Waals surface area (Å²) in [6.45, 7) is 3.68. The number of carbonyl (C=O) groups is 1. The van der Waals surface area contributed by atoms with Crippen molar-refractivity contribution in [2.24, 2.45) is 0 Å². The van der Waals surface area contributed by atoms with Crippen molar-refractivity contribution in [1.29, 1.82) is 0 Å². The summed E-state index contributed by atoms with van der Waals surface area (Å²) in [6, 6.07) is 3.53. The van der Waals surface area contributed by atoms with Crippen LogP contribution in [0, 0.1) is 0 Å². The van der Waals surface area contributed by atoms with E-state index in [0.717, 1.165) is 11.8 Å². The van der Waals surface area contributed by atoms with Crippen molar-refractivity contribution in [1.82, 2.24) is 14.8 Å². The van der Waals surface area contributed by atoms with Gasteiger partial charge in [0.25, 0.3) is 0 Å². The Kier molecular flexibility index (Phi) is 6.94. The molecule has 0 spiro atoms. The number of amides is 1. The van der Waals surface area contributed by atoms with Crippen LogP contribution in [0.2, 0.25) is 5.15 Å². The predicted octanol–water partition coefficient (Wildman–Crippen LogP) is 4.35. The highest BCUT2D eigenvalue weighted by atomic mass is 35.5. The molecule has 0 saturated heterocycles. The van der Waals surface area contributed by atoms with Gasteiger partial charge in [0.1, 0.15) is 5.69 Å². The molecule has 0 N–H and O–H groups in total. The summed E-state index contributed by atoms with van der Waals surface area (Å²) in [5.41, 5.74) is 1.09. The Morgan fingerprint density at radius 3 is 2.77 bits per heavy atom. The molecule has 1 unspecified atom stereocenters. The highest BCUT2D eigenvalue weighted by molar-refractivity contribution is 8.00. The van der Waals surface area contributed by atoms with E-state index in [1.807, 2.05) is 0 Å². The van der Waals surface area contributed by atoms with Gasteiger partial charge in [-0.15, -0.1) is 11.8 Å². The van der Waals surface area contributed by atoms with E-state index in [9.17, 15) is 18.0 Å². The largest absolute Gasteiger partial charge is 0.389 e. The smallest absolute Gasteiger partial charge is 0.308 e. The zero-order valence-corrected chi connectivity index (χ0v) is 15.8. The van der Waals surface area contributed by atoms with Crippen molar-refractivity contribution >= 4 is 35.0 Å². The van der Waals surface area contributed by atoms with Crippen molar-refractivity contribution in [2.45, 2.75) is 31.7 Å². The van der Waals surface area contributed by atoms with E-state index in [2.05, 4.69) is 10.1 Å². The lowest BCUT2D eigenvalue weighted by molar-refractivity contribution is -0.129. The molecule has 26 heavy (non-hydrogen) atoms. The maximum absolute atomic E-state index is 12.6.